The summed E-state index contributed by atoms with van der Waals surface area (Å²) in [5, 5.41) is 6.23. The molecule has 2 saturated carbocycles. The molecule has 1 aliphatic heterocycles. The molecule has 3 fully saturated rings. The van der Waals surface area contributed by atoms with Crippen LogP contribution < -0.4 is 10.6 Å². The van der Waals surface area contributed by atoms with E-state index in [2.05, 4.69) is 17.6 Å². The number of sulfone groups is 1. The first-order chi connectivity index (χ1) is 10.3. The number of piperidine rings is 1. The molecule has 4 atom stereocenters. The molecule has 0 aromatic heterocycles. The molecular formula is C16H29ClN2O3S. The first kappa shape index (κ1) is 19.0. The first-order valence-electron chi connectivity index (χ1n) is 8.55. The minimum Gasteiger partial charge on any atom is -0.352 e. The summed E-state index contributed by atoms with van der Waals surface area (Å²) in [4.78, 5) is 12.8. The van der Waals surface area contributed by atoms with Crippen LogP contribution in [-0.4, -0.2) is 44.5 Å². The Morgan fingerprint density at radius 2 is 1.87 bits per heavy atom. The smallest absolute Gasteiger partial charge is 0.241 e. The fraction of sp³-hybridized carbons (Fsp3) is 0.938. The van der Waals surface area contributed by atoms with Gasteiger partial charge in [0, 0.05) is 12.3 Å². The zero-order chi connectivity index (χ0) is 16.0. The Kier molecular flexibility index (Phi) is 5.69. The van der Waals surface area contributed by atoms with E-state index in [1.807, 2.05) is 0 Å². The van der Waals surface area contributed by atoms with E-state index in [9.17, 15) is 13.2 Å². The van der Waals surface area contributed by atoms with Gasteiger partial charge in [-0.15, -0.1) is 12.4 Å². The van der Waals surface area contributed by atoms with Crippen molar-refractivity contribution in [2.75, 3.05) is 19.3 Å². The highest BCUT2D eigenvalue weighted by atomic mass is 35.5. The van der Waals surface area contributed by atoms with Gasteiger partial charge in [0.15, 0.2) is 14.6 Å². The van der Waals surface area contributed by atoms with E-state index in [4.69, 9.17) is 0 Å². The third-order valence-corrected chi connectivity index (χ3v) is 8.34. The van der Waals surface area contributed by atoms with Crippen LogP contribution in [0.25, 0.3) is 0 Å². The lowest BCUT2D eigenvalue weighted by molar-refractivity contribution is -0.125. The van der Waals surface area contributed by atoms with Crippen molar-refractivity contribution >= 4 is 28.2 Å². The maximum Gasteiger partial charge on any atom is 0.241 e. The van der Waals surface area contributed by atoms with Gasteiger partial charge in [0.25, 0.3) is 0 Å². The Hall–Kier alpha value is -0.330. The zero-order valence-electron chi connectivity index (χ0n) is 14.0. The molecule has 7 heteroatoms. The van der Waals surface area contributed by atoms with E-state index >= 15 is 0 Å². The molecule has 2 bridgehead atoms. The minimum absolute atomic E-state index is 0. The number of carbonyl (C=O) groups is 1. The van der Waals surface area contributed by atoms with Crippen molar-refractivity contribution in [1.29, 1.82) is 0 Å². The van der Waals surface area contributed by atoms with Gasteiger partial charge in [-0.25, -0.2) is 8.42 Å². The number of nitrogens with one attached hydrogen (secondary N) is 2. The van der Waals surface area contributed by atoms with Gasteiger partial charge < -0.3 is 10.6 Å². The molecular weight excluding hydrogens is 336 g/mol. The predicted molar refractivity (Wildman–Crippen MR) is 93.5 cm³/mol. The van der Waals surface area contributed by atoms with Crippen molar-refractivity contribution in [3.63, 3.8) is 0 Å². The molecule has 2 N–H and O–H groups in total. The van der Waals surface area contributed by atoms with Crippen LogP contribution in [0.4, 0.5) is 0 Å². The Labute approximate surface area is 145 Å². The Bertz CT molecular complexity index is 546. The predicted octanol–water partition coefficient (Wildman–Crippen LogP) is 1.52. The summed E-state index contributed by atoms with van der Waals surface area (Å²) < 4.78 is 23.4. The van der Waals surface area contributed by atoms with Crippen molar-refractivity contribution < 1.29 is 13.2 Å². The van der Waals surface area contributed by atoms with Crippen molar-refractivity contribution in [3.8, 4) is 0 Å². The van der Waals surface area contributed by atoms with E-state index in [1.54, 1.807) is 0 Å². The molecule has 5 nitrogen and oxygen atoms in total. The third-order valence-electron chi connectivity index (χ3n) is 6.33. The van der Waals surface area contributed by atoms with Gasteiger partial charge in [0.05, 0.1) is 0 Å². The van der Waals surface area contributed by atoms with Crippen molar-refractivity contribution in [1.82, 2.24) is 10.6 Å². The van der Waals surface area contributed by atoms with E-state index < -0.39 is 14.6 Å². The third kappa shape index (κ3) is 3.40. The highest BCUT2D eigenvalue weighted by Gasteiger charge is 2.50. The van der Waals surface area contributed by atoms with E-state index in [1.165, 1.54) is 31.9 Å². The topological polar surface area (TPSA) is 75.3 Å². The fourth-order valence-electron chi connectivity index (χ4n) is 4.95. The molecule has 2 aliphatic carbocycles. The van der Waals surface area contributed by atoms with Crippen LogP contribution >= 0.6 is 12.4 Å². The van der Waals surface area contributed by atoms with Gasteiger partial charge in [0.1, 0.15) is 0 Å². The van der Waals surface area contributed by atoms with Gasteiger partial charge >= 0.3 is 0 Å². The highest BCUT2D eigenvalue weighted by molar-refractivity contribution is 7.92. The molecule has 3 aliphatic rings. The second-order valence-electron chi connectivity index (χ2n) is 7.62. The summed E-state index contributed by atoms with van der Waals surface area (Å²) in [6.45, 7) is 3.23. The number of hydrogen-bond donors (Lipinski definition) is 2. The molecule has 0 aromatic carbocycles. The number of hydrogen-bond acceptors (Lipinski definition) is 4. The first-order valence-corrected chi connectivity index (χ1v) is 10.4. The van der Waals surface area contributed by atoms with Crippen molar-refractivity contribution in [2.45, 2.75) is 56.2 Å². The summed E-state index contributed by atoms with van der Waals surface area (Å²) >= 11 is 0. The number of halogens is 1. The summed E-state index contributed by atoms with van der Waals surface area (Å²) in [5.41, 5.74) is 0. The molecule has 134 valence electrons. The maximum absolute atomic E-state index is 12.8. The minimum atomic E-state index is -3.42. The number of carbonyl (C=O) groups excluding carboxylic acids is 1. The average molecular weight is 365 g/mol. The zero-order valence-corrected chi connectivity index (χ0v) is 15.6. The van der Waals surface area contributed by atoms with Crippen LogP contribution in [-0.2, 0) is 14.6 Å². The molecule has 1 heterocycles. The lowest BCUT2D eigenvalue weighted by Crippen LogP contribution is -2.59. The van der Waals surface area contributed by atoms with Gasteiger partial charge in [-0.1, -0.05) is 6.42 Å². The standard InChI is InChI=1S/C16H28N2O3S.ClH/c1-11(14-10-12-3-4-13(14)9-12)18-15(19)16(22(2,20)21)5-7-17-8-6-16;/h11-14,17H,3-10H2,1-2H3,(H,18,19);1H. The van der Waals surface area contributed by atoms with Gasteiger partial charge in [0.2, 0.25) is 5.91 Å². The summed E-state index contributed by atoms with van der Waals surface area (Å²) in [7, 11) is -3.42. The summed E-state index contributed by atoms with van der Waals surface area (Å²) in [6, 6.07) is 0.0799. The second-order valence-corrected chi connectivity index (χ2v) is 9.94. The number of rotatable bonds is 4. The monoisotopic (exact) mass is 364 g/mol. The number of amides is 1. The maximum atomic E-state index is 12.8. The second kappa shape index (κ2) is 6.89. The van der Waals surface area contributed by atoms with Gasteiger partial charge in [-0.3, -0.25) is 4.79 Å². The average Bonchev–Trinajstić information content (AvgIpc) is 3.09. The van der Waals surface area contributed by atoms with Crippen LogP contribution in [0.2, 0.25) is 0 Å². The summed E-state index contributed by atoms with van der Waals surface area (Å²) in [6.07, 6.45) is 7.06. The van der Waals surface area contributed by atoms with E-state index in [0.717, 1.165) is 11.8 Å². The van der Waals surface area contributed by atoms with Crippen LogP contribution in [0.1, 0.15) is 45.4 Å². The SMILES string of the molecule is CC(NC(=O)C1(S(C)(=O)=O)CCNCC1)C1CC2CCC1C2.Cl. The van der Waals surface area contributed by atoms with Crippen LogP contribution in [0.5, 0.6) is 0 Å². The molecule has 1 amide bonds. The number of fused-ring (bicyclic) bond motifs is 2. The van der Waals surface area contributed by atoms with Crippen LogP contribution in [0.15, 0.2) is 0 Å². The normalized spacial score (nSPS) is 33.7. The molecule has 4 unspecified atom stereocenters. The van der Waals surface area contributed by atoms with Crippen LogP contribution in [0.3, 0.4) is 0 Å². The Balaban J connectivity index is 0.00000192. The lowest BCUT2D eigenvalue weighted by Gasteiger charge is -2.37. The molecule has 0 aromatic rings. The van der Waals surface area contributed by atoms with E-state index in [0.29, 0.717) is 31.8 Å². The van der Waals surface area contributed by atoms with Gasteiger partial charge in [-0.05, 0) is 69.9 Å². The van der Waals surface area contributed by atoms with Crippen molar-refractivity contribution in [2.24, 2.45) is 17.8 Å². The van der Waals surface area contributed by atoms with Gasteiger partial charge in [-0.2, -0.15) is 0 Å². The summed E-state index contributed by atoms with van der Waals surface area (Å²) in [5.74, 6) is 1.81. The quantitative estimate of drug-likeness (QED) is 0.793. The molecule has 0 radical (unpaired) electrons. The molecule has 1 saturated heterocycles. The molecule has 3 rings (SSSR count). The lowest BCUT2D eigenvalue weighted by atomic mass is 9.83. The van der Waals surface area contributed by atoms with Crippen LogP contribution in [0, 0.1) is 17.8 Å². The fourth-order valence-corrected chi connectivity index (χ4v) is 6.29. The molecule has 0 spiro atoms. The van der Waals surface area contributed by atoms with E-state index in [-0.39, 0.29) is 24.4 Å². The largest absolute Gasteiger partial charge is 0.352 e. The highest BCUT2D eigenvalue weighted by Crippen LogP contribution is 2.49. The molecule has 23 heavy (non-hydrogen) atoms. The Morgan fingerprint density at radius 1 is 1.22 bits per heavy atom. The van der Waals surface area contributed by atoms with Crippen molar-refractivity contribution in [3.05, 3.63) is 0 Å². The Morgan fingerprint density at radius 3 is 2.35 bits per heavy atom.